The molecule has 0 saturated heterocycles. The number of thiazole rings is 1. The Balaban J connectivity index is 2.25. The molecule has 0 bridgehead atoms. The van der Waals surface area contributed by atoms with Crippen molar-refractivity contribution in [1.29, 1.82) is 0 Å². The Kier molecular flexibility index (Phi) is 4.14. The molecule has 0 unspecified atom stereocenters. The Labute approximate surface area is 122 Å². The number of hydrogen-bond donors (Lipinski definition) is 2. The van der Waals surface area contributed by atoms with Gasteiger partial charge in [-0.05, 0) is 26.8 Å². The minimum Gasteiger partial charge on any atom is -0.383 e. The molecule has 1 aromatic heterocycles. The number of aryl methyl sites for hydroxylation is 3. The monoisotopic (exact) mass is 287 g/mol. The maximum Gasteiger partial charge on any atom is 0.224 e. The van der Waals surface area contributed by atoms with Gasteiger partial charge in [-0.3, -0.25) is 0 Å². The lowest BCUT2D eigenvalue weighted by Crippen LogP contribution is -2.19. The predicted molar refractivity (Wildman–Crippen MR) is 84.8 cm³/mol. The molecule has 0 aliphatic heterocycles. The zero-order valence-electron chi connectivity index (χ0n) is 11.7. The minimum atomic E-state index is 0.109. The van der Waals surface area contributed by atoms with Crippen molar-refractivity contribution in [2.45, 2.75) is 20.8 Å². The summed E-state index contributed by atoms with van der Waals surface area (Å²) >= 11 is 1.48. The van der Waals surface area contributed by atoms with Crippen molar-refractivity contribution in [2.24, 2.45) is 21.5 Å². The van der Waals surface area contributed by atoms with E-state index in [0.717, 1.165) is 21.7 Å². The zero-order valence-corrected chi connectivity index (χ0v) is 12.5. The fourth-order valence-electron chi connectivity index (χ4n) is 1.62. The van der Waals surface area contributed by atoms with Crippen molar-refractivity contribution in [3.63, 3.8) is 0 Å². The van der Waals surface area contributed by atoms with Crippen molar-refractivity contribution >= 4 is 28.3 Å². The number of rotatable bonds is 2. The Morgan fingerprint density at radius 3 is 2.55 bits per heavy atom. The van der Waals surface area contributed by atoms with Crippen LogP contribution in [0.1, 0.15) is 21.7 Å². The third kappa shape index (κ3) is 3.42. The van der Waals surface area contributed by atoms with Crippen LogP contribution in [-0.4, -0.2) is 16.8 Å². The highest BCUT2D eigenvalue weighted by molar-refractivity contribution is 7.15. The van der Waals surface area contributed by atoms with Crippen LogP contribution >= 0.6 is 11.3 Å². The standard InChI is InChI=1S/C14H17N5S/c1-8-5-4-6-11(7-8)12(15)18-13(16)19-14-17-9(2)10(3)20-14/h4-7H,1-3H3,(H4,15,16,17,18,19). The summed E-state index contributed by atoms with van der Waals surface area (Å²) in [7, 11) is 0. The summed E-state index contributed by atoms with van der Waals surface area (Å²) < 4.78 is 0. The Hall–Kier alpha value is -2.21. The van der Waals surface area contributed by atoms with Gasteiger partial charge in [-0.2, -0.15) is 9.98 Å². The van der Waals surface area contributed by atoms with Gasteiger partial charge in [0.25, 0.3) is 0 Å². The molecule has 0 radical (unpaired) electrons. The van der Waals surface area contributed by atoms with Crippen LogP contribution in [0.5, 0.6) is 0 Å². The number of guanidine groups is 1. The highest BCUT2D eigenvalue weighted by Crippen LogP contribution is 2.23. The molecule has 5 nitrogen and oxygen atoms in total. The maximum atomic E-state index is 5.93. The van der Waals surface area contributed by atoms with E-state index >= 15 is 0 Å². The molecule has 2 aromatic rings. The van der Waals surface area contributed by atoms with Gasteiger partial charge < -0.3 is 11.5 Å². The Morgan fingerprint density at radius 2 is 1.95 bits per heavy atom. The second-order valence-electron chi connectivity index (χ2n) is 4.47. The van der Waals surface area contributed by atoms with Crippen LogP contribution in [0.4, 0.5) is 5.13 Å². The molecular formula is C14H17N5S. The van der Waals surface area contributed by atoms with E-state index in [-0.39, 0.29) is 5.96 Å². The number of benzene rings is 1. The summed E-state index contributed by atoms with van der Waals surface area (Å²) in [6, 6.07) is 7.75. The van der Waals surface area contributed by atoms with Crippen LogP contribution in [0.15, 0.2) is 34.3 Å². The van der Waals surface area contributed by atoms with E-state index in [2.05, 4.69) is 15.0 Å². The maximum absolute atomic E-state index is 5.93. The smallest absolute Gasteiger partial charge is 0.224 e. The van der Waals surface area contributed by atoms with Gasteiger partial charge in [-0.1, -0.05) is 35.1 Å². The van der Waals surface area contributed by atoms with Crippen LogP contribution < -0.4 is 11.5 Å². The van der Waals surface area contributed by atoms with E-state index in [0.29, 0.717) is 11.0 Å². The van der Waals surface area contributed by atoms with Gasteiger partial charge in [0.05, 0.1) is 5.69 Å². The van der Waals surface area contributed by atoms with Gasteiger partial charge in [0.1, 0.15) is 5.84 Å². The topological polar surface area (TPSA) is 89.6 Å². The van der Waals surface area contributed by atoms with E-state index in [9.17, 15) is 0 Å². The number of amidine groups is 1. The van der Waals surface area contributed by atoms with Crippen LogP contribution in [-0.2, 0) is 0 Å². The lowest BCUT2D eigenvalue weighted by Gasteiger charge is -2.01. The quantitative estimate of drug-likeness (QED) is 0.656. The first-order valence-corrected chi connectivity index (χ1v) is 6.97. The first kappa shape index (κ1) is 14.2. The molecule has 0 spiro atoms. The molecule has 0 amide bonds. The molecule has 6 heteroatoms. The summed E-state index contributed by atoms with van der Waals surface area (Å²) in [6.07, 6.45) is 0. The highest BCUT2D eigenvalue weighted by Gasteiger charge is 2.04. The van der Waals surface area contributed by atoms with Crippen LogP contribution in [0, 0.1) is 20.8 Å². The number of aromatic nitrogens is 1. The number of aliphatic imine (C=N–C) groups is 2. The van der Waals surface area contributed by atoms with Crippen molar-refractivity contribution in [1.82, 2.24) is 4.98 Å². The molecule has 104 valence electrons. The highest BCUT2D eigenvalue weighted by atomic mass is 32.1. The van der Waals surface area contributed by atoms with Crippen molar-refractivity contribution in [2.75, 3.05) is 0 Å². The Morgan fingerprint density at radius 1 is 1.20 bits per heavy atom. The predicted octanol–water partition coefficient (Wildman–Crippen LogP) is 2.42. The minimum absolute atomic E-state index is 0.109. The fraction of sp³-hybridized carbons (Fsp3) is 0.214. The number of nitrogens with zero attached hydrogens (tertiary/aromatic N) is 3. The van der Waals surface area contributed by atoms with Crippen LogP contribution in [0.2, 0.25) is 0 Å². The van der Waals surface area contributed by atoms with Crippen molar-refractivity contribution < 1.29 is 0 Å². The van der Waals surface area contributed by atoms with E-state index < -0.39 is 0 Å². The van der Waals surface area contributed by atoms with Gasteiger partial charge in [0, 0.05) is 10.4 Å². The summed E-state index contributed by atoms with van der Waals surface area (Å²) in [6.45, 7) is 5.92. The molecule has 0 atom stereocenters. The van der Waals surface area contributed by atoms with Gasteiger partial charge in [0.2, 0.25) is 11.1 Å². The first-order chi connectivity index (χ1) is 9.45. The molecule has 0 fully saturated rings. The molecule has 1 aromatic carbocycles. The lowest BCUT2D eigenvalue weighted by atomic mass is 10.1. The molecule has 1 heterocycles. The average Bonchev–Trinajstić information content (AvgIpc) is 2.67. The van der Waals surface area contributed by atoms with Gasteiger partial charge in [-0.25, -0.2) is 4.98 Å². The molecule has 2 rings (SSSR count). The second-order valence-corrected chi connectivity index (χ2v) is 5.66. The van der Waals surface area contributed by atoms with Gasteiger partial charge >= 0.3 is 0 Å². The lowest BCUT2D eigenvalue weighted by molar-refractivity contribution is 1.21. The first-order valence-electron chi connectivity index (χ1n) is 6.15. The summed E-state index contributed by atoms with van der Waals surface area (Å²) in [5.74, 6) is 0.456. The number of hydrogen-bond acceptors (Lipinski definition) is 3. The molecule has 0 aliphatic rings. The van der Waals surface area contributed by atoms with Gasteiger partial charge in [-0.15, -0.1) is 0 Å². The van der Waals surface area contributed by atoms with Crippen LogP contribution in [0.25, 0.3) is 0 Å². The second kappa shape index (κ2) is 5.83. The summed E-state index contributed by atoms with van der Waals surface area (Å²) in [4.78, 5) is 13.7. The summed E-state index contributed by atoms with van der Waals surface area (Å²) in [5.41, 5.74) is 14.6. The van der Waals surface area contributed by atoms with E-state index in [1.165, 1.54) is 11.3 Å². The van der Waals surface area contributed by atoms with Crippen molar-refractivity contribution in [3.05, 3.63) is 46.0 Å². The molecular weight excluding hydrogens is 270 g/mol. The molecule has 20 heavy (non-hydrogen) atoms. The Bertz CT molecular complexity index is 665. The molecule has 0 saturated carbocycles. The summed E-state index contributed by atoms with van der Waals surface area (Å²) in [5, 5.41) is 0.596. The van der Waals surface area contributed by atoms with E-state index in [1.54, 1.807) is 0 Å². The van der Waals surface area contributed by atoms with Gasteiger partial charge in [0.15, 0.2) is 0 Å². The van der Waals surface area contributed by atoms with E-state index in [4.69, 9.17) is 11.5 Å². The fourth-order valence-corrected chi connectivity index (χ4v) is 2.41. The van der Waals surface area contributed by atoms with Crippen molar-refractivity contribution in [3.8, 4) is 0 Å². The normalized spacial score (nSPS) is 12.8. The third-order valence-electron chi connectivity index (χ3n) is 2.78. The third-order valence-corrected chi connectivity index (χ3v) is 3.74. The largest absolute Gasteiger partial charge is 0.383 e. The molecule has 4 N–H and O–H groups in total. The van der Waals surface area contributed by atoms with E-state index in [1.807, 2.05) is 45.0 Å². The van der Waals surface area contributed by atoms with Crippen LogP contribution in [0.3, 0.4) is 0 Å². The number of nitrogens with two attached hydrogens (primary N) is 2. The molecule has 0 aliphatic carbocycles. The zero-order chi connectivity index (χ0) is 14.7. The average molecular weight is 287 g/mol. The SMILES string of the molecule is Cc1cccc(C(N)=NC(N)=Nc2nc(C)c(C)s2)c1.